The SMILES string of the molecule is CCOC(=O)[C@](C)(C(C)=O)[C@H](C)/C=C/c1ccccc1. The molecule has 0 N–H and O–H groups in total. The molecule has 1 aromatic rings. The molecule has 20 heavy (non-hydrogen) atoms. The van der Waals surface area contributed by atoms with Gasteiger partial charge in [-0.1, -0.05) is 49.4 Å². The highest BCUT2D eigenvalue weighted by molar-refractivity contribution is 6.02. The number of allylic oxidation sites excluding steroid dienone is 1. The molecule has 0 aliphatic rings. The number of hydrogen-bond acceptors (Lipinski definition) is 3. The van der Waals surface area contributed by atoms with Crippen LogP contribution in [0.1, 0.15) is 33.3 Å². The van der Waals surface area contributed by atoms with E-state index in [0.29, 0.717) is 0 Å². The largest absolute Gasteiger partial charge is 0.465 e. The molecule has 3 nitrogen and oxygen atoms in total. The summed E-state index contributed by atoms with van der Waals surface area (Å²) in [6, 6.07) is 9.77. The number of rotatable bonds is 6. The first kappa shape index (κ1) is 16.2. The van der Waals surface area contributed by atoms with Gasteiger partial charge >= 0.3 is 5.97 Å². The van der Waals surface area contributed by atoms with Gasteiger partial charge in [0.15, 0.2) is 0 Å². The molecule has 0 aliphatic carbocycles. The average Bonchev–Trinajstić information content (AvgIpc) is 2.44. The summed E-state index contributed by atoms with van der Waals surface area (Å²) in [7, 11) is 0. The third-order valence-electron chi connectivity index (χ3n) is 3.72. The van der Waals surface area contributed by atoms with E-state index in [-0.39, 0.29) is 18.3 Å². The van der Waals surface area contributed by atoms with E-state index in [1.54, 1.807) is 13.8 Å². The number of carbonyl (C=O) groups excluding carboxylic acids is 2. The molecule has 0 saturated carbocycles. The predicted molar refractivity (Wildman–Crippen MR) is 80.1 cm³/mol. The van der Waals surface area contributed by atoms with Crippen LogP contribution < -0.4 is 0 Å². The molecule has 0 saturated heterocycles. The molecule has 0 heterocycles. The maximum absolute atomic E-state index is 12.1. The molecule has 2 atom stereocenters. The Bertz CT molecular complexity index is 490. The Balaban J connectivity index is 2.95. The number of Topliss-reactive ketones (excluding diaryl/α,β-unsaturated/α-hetero) is 1. The molecule has 0 unspecified atom stereocenters. The lowest BCUT2D eigenvalue weighted by Crippen LogP contribution is -2.41. The fraction of sp³-hybridized carbons (Fsp3) is 0.412. The molecule has 1 aromatic carbocycles. The zero-order valence-electron chi connectivity index (χ0n) is 12.6. The lowest BCUT2D eigenvalue weighted by molar-refractivity contribution is -0.160. The van der Waals surface area contributed by atoms with Crippen LogP contribution in [0.3, 0.4) is 0 Å². The van der Waals surface area contributed by atoms with Gasteiger partial charge in [0.25, 0.3) is 0 Å². The van der Waals surface area contributed by atoms with Crippen molar-refractivity contribution >= 4 is 17.8 Å². The van der Waals surface area contributed by atoms with Crippen LogP contribution in [0.2, 0.25) is 0 Å². The summed E-state index contributed by atoms with van der Waals surface area (Å²) in [5.41, 5.74) is -0.101. The summed E-state index contributed by atoms with van der Waals surface area (Å²) in [6.45, 7) is 6.95. The summed E-state index contributed by atoms with van der Waals surface area (Å²) in [4.78, 5) is 24.0. The highest BCUT2D eigenvalue weighted by Crippen LogP contribution is 2.31. The monoisotopic (exact) mass is 274 g/mol. The van der Waals surface area contributed by atoms with Crippen molar-refractivity contribution in [1.82, 2.24) is 0 Å². The van der Waals surface area contributed by atoms with Crippen LogP contribution in [0, 0.1) is 11.3 Å². The Morgan fingerprint density at radius 2 is 1.90 bits per heavy atom. The second kappa shape index (κ2) is 7.04. The predicted octanol–water partition coefficient (Wildman–Crippen LogP) is 3.49. The number of ketones is 1. The van der Waals surface area contributed by atoms with Crippen LogP contribution in [0.15, 0.2) is 36.4 Å². The minimum Gasteiger partial charge on any atom is -0.465 e. The van der Waals surface area contributed by atoms with Crippen molar-refractivity contribution in [3.8, 4) is 0 Å². The van der Waals surface area contributed by atoms with Crippen LogP contribution >= 0.6 is 0 Å². The molecular formula is C17H22O3. The summed E-state index contributed by atoms with van der Waals surface area (Å²) in [5, 5.41) is 0. The molecule has 108 valence electrons. The number of ether oxygens (including phenoxy) is 1. The van der Waals surface area contributed by atoms with Gasteiger partial charge in [0.05, 0.1) is 6.61 Å². The first-order valence-corrected chi connectivity index (χ1v) is 6.84. The quantitative estimate of drug-likeness (QED) is 0.589. The van der Waals surface area contributed by atoms with Gasteiger partial charge in [0.2, 0.25) is 0 Å². The summed E-state index contributed by atoms with van der Waals surface area (Å²) in [5.74, 6) is -0.877. The Hall–Kier alpha value is -1.90. The van der Waals surface area contributed by atoms with Gasteiger partial charge in [-0.2, -0.15) is 0 Å². The van der Waals surface area contributed by atoms with E-state index in [4.69, 9.17) is 4.74 Å². The molecule has 0 aromatic heterocycles. The van der Waals surface area contributed by atoms with Crippen LogP contribution in [-0.2, 0) is 14.3 Å². The van der Waals surface area contributed by atoms with E-state index in [2.05, 4.69) is 0 Å². The van der Waals surface area contributed by atoms with Crippen LogP contribution in [0.4, 0.5) is 0 Å². The van der Waals surface area contributed by atoms with Gasteiger partial charge in [0, 0.05) is 0 Å². The number of benzene rings is 1. The molecule has 3 heteroatoms. The average molecular weight is 274 g/mol. The molecule has 1 rings (SSSR count). The maximum atomic E-state index is 12.1. The lowest BCUT2D eigenvalue weighted by Gasteiger charge is -2.28. The minimum atomic E-state index is -1.14. The van der Waals surface area contributed by atoms with E-state index in [0.717, 1.165) is 5.56 Å². The third-order valence-corrected chi connectivity index (χ3v) is 3.72. The molecule has 0 bridgehead atoms. The number of esters is 1. The fourth-order valence-corrected chi connectivity index (χ4v) is 1.94. The van der Waals surface area contributed by atoms with Gasteiger partial charge in [-0.3, -0.25) is 9.59 Å². The van der Waals surface area contributed by atoms with E-state index >= 15 is 0 Å². The molecule has 0 spiro atoms. The highest BCUT2D eigenvalue weighted by atomic mass is 16.5. The first-order chi connectivity index (χ1) is 9.42. The third kappa shape index (κ3) is 3.56. The van der Waals surface area contributed by atoms with E-state index in [1.165, 1.54) is 6.92 Å². The van der Waals surface area contributed by atoms with E-state index in [1.807, 2.05) is 49.4 Å². The van der Waals surface area contributed by atoms with Crippen LogP contribution in [0.25, 0.3) is 6.08 Å². The summed E-state index contributed by atoms with van der Waals surface area (Å²) in [6.07, 6.45) is 3.80. The topological polar surface area (TPSA) is 43.4 Å². The Kier molecular flexibility index (Phi) is 5.68. The normalized spacial score (nSPS) is 15.6. The second-order valence-electron chi connectivity index (χ2n) is 5.04. The molecule has 0 fully saturated rings. The number of carbonyl (C=O) groups is 2. The fourth-order valence-electron chi connectivity index (χ4n) is 1.94. The first-order valence-electron chi connectivity index (χ1n) is 6.84. The Labute approximate surface area is 120 Å². The highest BCUT2D eigenvalue weighted by Gasteiger charge is 2.43. The van der Waals surface area contributed by atoms with Crippen molar-refractivity contribution in [2.24, 2.45) is 11.3 Å². The zero-order chi connectivity index (χ0) is 15.2. The van der Waals surface area contributed by atoms with Crippen LogP contribution in [-0.4, -0.2) is 18.4 Å². The number of hydrogen-bond donors (Lipinski definition) is 0. The van der Waals surface area contributed by atoms with Gasteiger partial charge in [-0.15, -0.1) is 0 Å². The van der Waals surface area contributed by atoms with E-state index < -0.39 is 11.4 Å². The Morgan fingerprint density at radius 3 is 2.40 bits per heavy atom. The van der Waals surface area contributed by atoms with Crippen molar-refractivity contribution in [3.05, 3.63) is 42.0 Å². The molecule has 0 aliphatic heterocycles. The van der Waals surface area contributed by atoms with E-state index in [9.17, 15) is 9.59 Å². The van der Waals surface area contributed by atoms with Crippen molar-refractivity contribution in [3.63, 3.8) is 0 Å². The molecule has 0 amide bonds. The lowest BCUT2D eigenvalue weighted by atomic mass is 9.74. The van der Waals surface area contributed by atoms with Crippen molar-refractivity contribution in [1.29, 1.82) is 0 Å². The van der Waals surface area contributed by atoms with Crippen molar-refractivity contribution < 1.29 is 14.3 Å². The standard InChI is InChI=1S/C17H22O3/c1-5-20-16(19)17(4,14(3)18)13(2)11-12-15-9-7-6-8-10-15/h6-13H,5H2,1-4H3/b12-11+/t13-,17+/m1/s1. The minimum absolute atomic E-state index is 0.179. The van der Waals surface area contributed by atoms with Gasteiger partial charge in [-0.05, 0) is 32.3 Å². The molecule has 0 radical (unpaired) electrons. The van der Waals surface area contributed by atoms with Crippen LogP contribution in [0.5, 0.6) is 0 Å². The second-order valence-corrected chi connectivity index (χ2v) is 5.04. The zero-order valence-corrected chi connectivity index (χ0v) is 12.6. The smallest absolute Gasteiger partial charge is 0.319 e. The summed E-state index contributed by atoms with van der Waals surface area (Å²) < 4.78 is 5.05. The molecular weight excluding hydrogens is 252 g/mol. The van der Waals surface area contributed by atoms with Gasteiger partial charge in [0.1, 0.15) is 11.2 Å². The Morgan fingerprint density at radius 1 is 1.30 bits per heavy atom. The maximum Gasteiger partial charge on any atom is 0.319 e. The van der Waals surface area contributed by atoms with Crippen molar-refractivity contribution in [2.45, 2.75) is 27.7 Å². The van der Waals surface area contributed by atoms with Gasteiger partial charge < -0.3 is 4.74 Å². The summed E-state index contributed by atoms with van der Waals surface area (Å²) >= 11 is 0. The van der Waals surface area contributed by atoms with Crippen molar-refractivity contribution in [2.75, 3.05) is 6.61 Å². The van der Waals surface area contributed by atoms with Gasteiger partial charge in [-0.25, -0.2) is 0 Å².